The molecule has 2 heterocycles. The Kier molecular flexibility index (Phi) is 5.61. The number of carbonyl (C=O) groups is 1. The Labute approximate surface area is 164 Å². The van der Waals surface area contributed by atoms with E-state index in [4.69, 9.17) is 11.0 Å². The lowest BCUT2D eigenvalue weighted by molar-refractivity contribution is -0.113. The van der Waals surface area contributed by atoms with Crippen molar-refractivity contribution in [1.82, 2.24) is 4.98 Å². The van der Waals surface area contributed by atoms with Crippen LogP contribution in [-0.4, -0.2) is 16.6 Å². The molecule has 134 valence electrons. The number of amides is 1. The topological polar surface area (TPSA) is 139 Å². The first-order chi connectivity index (χ1) is 13.1. The monoisotopic (exact) mass is 394 g/mol. The van der Waals surface area contributed by atoms with Crippen LogP contribution in [0.25, 0.3) is 0 Å². The number of rotatable bonds is 4. The van der Waals surface area contributed by atoms with Crippen molar-refractivity contribution in [2.24, 2.45) is 0 Å². The Bertz CT molecular complexity index is 1040. The molecule has 1 amide bonds. The van der Waals surface area contributed by atoms with Crippen LogP contribution >= 0.6 is 23.1 Å². The lowest BCUT2D eigenvalue weighted by atomic mass is 9.96. The second kappa shape index (κ2) is 8.09. The summed E-state index contributed by atoms with van der Waals surface area (Å²) in [5.41, 5.74) is 7.63. The Morgan fingerprint density at radius 3 is 2.67 bits per heavy atom. The number of nitrogens with two attached hydrogens (primary N) is 1. The fraction of sp³-hybridized carbons (Fsp3) is 0.278. The van der Waals surface area contributed by atoms with E-state index in [2.05, 4.69) is 16.4 Å². The number of nitrogens with zero attached hydrogens (tertiary/aromatic N) is 4. The van der Waals surface area contributed by atoms with E-state index in [1.165, 1.54) is 22.3 Å². The Morgan fingerprint density at radius 1 is 1.22 bits per heavy atom. The van der Waals surface area contributed by atoms with Crippen LogP contribution in [0.3, 0.4) is 0 Å². The second-order valence-electron chi connectivity index (χ2n) is 5.86. The van der Waals surface area contributed by atoms with Gasteiger partial charge in [-0.15, -0.1) is 11.3 Å². The van der Waals surface area contributed by atoms with Crippen molar-refractivity contribution in [3.8, 4) is 18.2 Å². The van der Waals surface area contributed by atoms with Crippen LogP contribution in [-0.2, 0) is 17.6 Å². The van der Waals surface area contributed by atoms with E-state index < -0.39 is 0 Å². The molecule has 1 aliphatic carbocycles. The van der Waals surface area contributed by atoms with Gasteiger partial charge in [-0.1, -0.05) is 11.8 Å². The highest BCUT2D eigenvalue weighted by Gasteiger charge is 2.22. The summed E-state index contributed by atoms with van der Waals surface area (Å²) >= 11 is 2.53. The summed E-state index contributed by atoms with van der Waals surface area (Å²) in [6.45, 7) is 0. The van der Waals surface area contributed by atoms with Crippen molar-refractivity contribution in [3.05, 3.63) is 33.2 Å². The van der Waals surface area contributed by atoms with Gasteiger partial charge in [0.15, 0.2) is 0 Å². The van der Waals surface area contributed by atoms with E-state index >= 15 is 0 Å². The molecule has 0 radical (unpaired) electrons. The van der Waals surface area contributed by atoms with Gasteiger partial charge in [-0.2, -0.15) is 15.8 Å². The largest absolute Gasteiger partial charge is 0.383 e. The highest BCUT2D eigenvalue weighted by atomic mass is 32.2. The van der Waals surface area contributed by atoms with Crippen LogP contribution < -0.4 is 11.1 Å². The van der Waals surface area contributed by atoms with Gasteiger partial charge in [0.2, 0.25) is 5.91 Å². The predicted octanol–water partition coefficient (Wildman–Crippen LogP) is 2.95. The number of aryl methyl sites for hydroxylation is 1. The zero-order chi connectivity index (χ0) is 19.4. The second-order valence-corrected chi connectivity index (χ2v) is 7.93. The number of fused-ring (bicyclic) bond motifs is 1. The number of nitrogen functional groups attached to an aromatic ring is 1. The summed E-state index contributed by atoms with van der Waals surface area (Å²) in [4.78, 5) is 17.6. The molecule has 7 nitrogen and oxygen atoms in total. The maximum atomic E-state index is 12.3. The van der Waals surface area contributed by atoms with E-state index in [0.717, 1.165) is 43.0 Å². The number of pyridine rings is 1. The minimum absolute atomic E-state index is 0.0143. The van der Waals surface area contributed by atoms with Gasteiger partial charge in [-0.05, 0) is 37.3 Å². The molecule has 0 aromatic carbocycles. The van der Waals surface area contributed by atoms with Gasteiger partial charge in [0.05, 0.1) is 22.4 Å². The molecule has 3 N–H and O–H groups in total. The zero-order valence-electron chi connectivity index (χ0n) is 14.2. The first-order valence-electron chi connectivity index (χ1n) is 8.15. The van der Waals surface area contributed by atoms with Crippen LogP contribution in [0.15, 0.2) is 11.1 Å². The Hall–Kier alpha value is -3.06. The molecule has 2 aromatic heterocycles. The maximum Gasteiger partial charge on any atom is 0.235 e. The zero-order valence-corrected chi connectivity index (χ0v) is 15.8. The number of thioether (sulfide) groups is 1. The summed E-state index contributed by atoms with van der Waals surface area (Å²) < 4.78 is 0. The van der Waals surface area contributed by atoms with Crippen LogP contribution in [0.4, 0.5) is 10.8 Å². The molecule has 9 heteroatoms. The van der Waals surface area contributed by atoms with E-state index in [-0.39, 0.29) is 28.6 Å². The number of nitrogens with one attached hydrogen (secondary N) is 1. The van der Waals surface area contributed by atoms with Gasteiger partial charge >= 0.3 is 0 Å². The standard InChI is InChI=1S/C18H14N6OS2/c19-6-10-5-11(7-20)17(24-16(10)22)26-9-15(25)23-18-13(8-21)12-3-1-2-4-14(12)27-18/h5H,1-4,9H2,(H2,22,24)(H,23,25). The van der Waals surface area contributed by atoms with Crippen LogP contribution in [0, 0.1) is 34.0 Å². The molecule has 0 saturated heterocycles. The number of thiophene rings is 1. The molecule has 2 aromatic rings. The number of hydrogen-bond acceptors (Lipinski definition) is 8. The number of anilines is 2. The third kappa shape index (κ3) is 3.88. The molecule has 27 heavy (non-hydrogen) atoms. The average molecular weight is 394 g/mol. The Balaban J connectivity index is 1.72. The summed E-state index contributed by atoms with van der Waals surface area (Å²) in [6, 6.07) is 7.41. The molecule has 3 rings (SSSR count). The van der Waals surface area contributed by atoms with Crippen molar-refractivity contribution in [1.29, 1.82) is 15.8 Å². The number of carbonyl (C=O) groups excluding carboxylic acids is 1. The predicted molar refractivity (Wildman–Crippen MR) is 103 cm³/mol. The van der Waals surface area contributed by atoms with Gasteiger partial charge in [-0.25, -0.2) is 4.98 Å². The fourth-order valence-electron chi connectivity index (χ4n) is 2.86. The first kappa shape index (κ1) is 18.7. The van der Waals surface area contributed by atoms with Crippen molar-refractivity contribution >= 4 is 39.8 Å². The minimum Gasteiger partial charge on any atom is -0.383 e. The summed E-state index contributed by atoms with van der Waals surface area (Å²) in [6.07, 6.45) is 3.98. The molecule has 0 aliphatic heterocycles. The van der Waals surface area contributed by atoms with Gasteiger partial charge in [0.1, 0.15) is 34.1 Å². The molecule has 0 atom stereocenters. The third-order valence-electron chi connectivity index (χ3n) is 4.13. The van der Waals surface area contributed by atoms with Crippen molar-refractivity contribution < 1.29 is 4.79 Å². The van der Waals surface area contributed by atoms with Crippen molar-refractivity contribution in [2.45, 2.75) is 30.7 Å². The van der Waals surface area contributed by atoms with Crippen LogP contribution in [0.1, 0.15) is 40.0 Å². The molecule has 0 saturated carbocycles. The average Bonchev–Trinajstić information content (AvgIpc) is 3.03. The molecule has 0 bridgehead atoms. The molecule has 0 unspecified atom stereocenters. The number of nitriles is 3. The molecule has 1 aliphatic rings. The van der Waals surface area contributed by atoms with Gasteiger partial charge in [0.25, 0.3) is 0 Å². The van der Waals surface area contributed by atoms with Crippen LogP contribution in [0.5, 0.6) is 0 Å². The molecular formula is C18H14N6OS2. The SMILES string of the molecule is N#Cc1cc(C#N)c(SCC(=O)Nc2sc3c(c2C#N)CCCC3)nc1N. The highest BCUT2D eigenvalue weighted by molar-refractivity contribution is 8.00. The van der Waals surface area contributed by atoms with E-state index in [9.17, 15) is 15.3 Å². The molecular weight excluding hydrogens is 380 g/mol. The summed E-state index contributed by atoms with van der Waals surface area (Å²) in [5, 5.41) is 31.3. The van der Waals surface area contributed by atoms with Crippen molar-refractivity contribution in [2.75, 3.05) is 16.8 Å². The normalized spacial score (nSPS) is 12.3. The third-order valence-corrected chi connectivity index (χ3v) is 6.33. The Morgan fingerprint density at radius 2 is 1.96 bits per heavy atom. The highest BCUT2D eigenvalue weighted by Crippen LogP contribution is 2.37. The smallest absolute Gasteiger partial charge is 0.235 e. The van der Waals surface area contributed by atoms with Crippen molar-refractivity contribution in [3.63, 3.8) is 0 Å². The summed E-state index contributed by atoms with van der Waals surface area (Å²) in [5.74, 6) is -0.249. The first-order valence-corrected chi connectivity index (χ1v) is 9.95. The molecule has 0 spiro atoms. The summed E-state index contributed by atoms with van der Waals surface area (Å²) in [7, 11) is 0. The van der Waals surface area contributed by atoms with E-state index in [1.807, 2.05) is 12.1 Å². The van der Waals surface area contributed by atoms with Gasteiger partial charge < -0.3 is 11.1 Å². The fourth-order valence-corrected chi connectivity index (χ4v) is 4.88. The minimum atomic E-state index is -0.288. The van der Waals surface area contributed by atoms with Gasteiger partial charge in [0, 0.05) is 4.88 Å². The maximum absolute atomic E-state index is 12.3. The lowest BCUT2D eigenvalue weighted by Crippen LogP contribution is -2.14. The lowest BCUT2D eigenvalue weighted by Gasteiger charge is -2.09. The quantitative estimate of drug-likeness (QED) is 0.760. The van der Waals surface area contributed by atoms with E-state index in [0.29, 0.717) is 15.6 Å². The van der Waals surface area contributed by atoms with Gasteiger partial charge in [-0.3, -0.25) is 4.79 Å². The van der Waals surface area contributed by atoms with E-state index in [1.54, 1.807) is 0 Å². The van der Waals surface area contributed by atoms with Crippen LogP contribution in [0.2, 0.25) is 0 Å². The number of hydrogen-bond donors (Lipinski definition) is 2. The molecule has 0 fully saturated rings. The number of aromatic nitrogens is 1.